The first-order valence-corrected chi connectivity index (χ1v) is 10.9. The highest BCUT2D eigenvalue weighted by atomic mass is 32.2. The summed E-state index contributed by atoms with van der Waals surface area (Å²) in [5.74, 6) is 1.96. The number of nitrogens with one attached hydrogen (secondary N) is 1. The Balaban J connectivity index is 1.74. The summed E-state index contributed by atoms with van der Waals surface area (Å²) in [6, 6.07) is 7.49. The van der Waals surface area contributed by atoms with Crippen molar-refractivity contribution in [1.82, 2.24) is 19.9 Å². The van der Waals surface area contributed by atoms with Crippen LogP contribution < -0.4 is 10.1 Å². The molecule has 2 aromatic heterocycles. The maximum Gasteiger partial charge on any atom is 0.238 e. The van der Waals surface area contributed by atoms with Crippen molar-refractivity contribution in [2.75, 3.05) is 5.32 Å². The second-order valence-electron chi connectivity index (χ2n) is 7.63. The molecule has 0 bridgehead atoms. The highest BCUT2D eigenvalue weighted by molar-refractivity contribution is 8.00. The van der Waals surface area contributed by atoms with E-state index >= 15 is 0 Å². The summed E-state index contributed by atoms with van der Waals surface area (Å²) in [6.45, 7) is 10.3. The molecular formula is C21H26FN5O3S. The maximum atomic E-state index is 13.2. The molecule has 3 rings (SSSR count). The van der Waals surface area contributed by atoms with Gasteiger partial charge >= 0.3 is 0 Å². The molecule has 8 nitrogen and oxygen atoms in total. The van der Waals surface area contributed by atoms with Crippen molar-refractivity contribution in [3.63, 3.8) is 0 Å². The van der Waals surface area contributed by atoms with Crippen molar-refractivity contribution in [3.8, 4) is 5.75 Å². The van der Waals surface area contributed by atoms with Gasteiger partial charge in [0.25, 0.3) is 0 Å². The zero-order valence-corrected chi connectivity index (χ0v) is 18.9. The Morgan fingerprint density at radius 3 is 2.55 bits per heavy atom. The van der Waals surface area contributed by atoms with Crippen LogP contribution in [0.5, 0.6) is 5.75 Å². The van der Waals surface area contributed by atoms with E-state index in [1.165, 1.54) is 23.9 Å². The molecule has 1 aromatic carbocycles. The van der Waals surface area contributed by atoms with Crippen molar-refractivity contribution < 1.29 is 18.4 Å². The minimum atomic E-state index is -0.437. The molecule has 166 valence electrons. The molecule has 1 N–H and O–H groups in total. The number of carbonyl (C=O) groups excluding carboxylic acids is 1. The van der Waals surface area contributed by atoms with Crippen LogP contribution in [0.4, 0.5) is 10.2 Å². The van der Waals surface area contributed by atoms with Gasteiger partial charge < -0.3 is 19.1 Å². The molecule has 2 unspecified atom stereocenters. The predicted octanol–water partition coefficient (Wildman–Crippen LogP) is 4.63. The molecule has 0 aliphatic carbocycles. The Bertz CT molecular complexity index is 1020. The van der Waals surface area contributed by atoms with Gasteiger partial charge in [-0.1, -0.05) is 30.8 Å². The lowest BCUT2D eigenvalue weighted by Crippen LogP contribution is -2.23. The van der Waals surface area contributed by atoms with Crippen LogP contribution in [-0.4, -0.2) is 31.1 Å². The van der Waals surface area contributed by atoms with Crippen molar-refractivity contribution in [2.24, 2.45) is 5.92 Å². The number of benzene rings is 1. The Morgan fingerprint density at radius 2 is 1.94 bits per heavy atom. The third-order valence-electron chi connectivity index (χ3n) is 4.31. The van der Waals surface area contributed by atoms with Gasteiger partial charge in [-0.15, -0.1) is 10.2 Å². The lowest BCUT2D eigenvalue weighted by molar-refractivity contribution is -0.115. The summed E-state index contributed by atoms with van der Waals surface area (Å²) in [5, 5.41) is 15.3. The number of aryl methyl sites for hydroxylation is 1. The van der Waals surface area contributed by atoms with Gasteiger partial charge in [-0.3, -0.25) is 4.79 Å². The highest BCUT2D eigenvalue weighted by Crippen LogP contribution is 2.28. The Kier molecular flexibility index (Phi) is 7.32. The number of hydrogen-bond donors (Lipinski definition) is 1. The summed E-state index contributed by atoms with van der Waals surface area (Å²) in [6.07, 6.45) is -0.409. The third-order valence-corrected chi connectivity index (χ3v) is 5.39. The molecule has 0 fully saturated rings. The van der Waals surface area contributed by atoms with Gasteiger partial charge in [0.1, 0.15) is 17.3 Å². The summed E-state index contributed by atoms with van der Waals surface area (Å²) in [4.78, 5) is 12.5. The molecule has 31 heavy (non-hydrogen) atoms. The monoisotopic (exact) mass is 447 g/mol. The average Bonchev–Trinajstić information content (AvgIpc) is 3.29. The maximum absolute atomic E-state index is 13.2. The molecule has 0 saturated carbocycles. The smallest absolute Gasteiger partial charge is 0.238 e. The van der Waals surface area contributed by atoms with Gasteiger partial charge in [0.2, 0.25) is 5.91 Å². The Morgan fingerprint density at radius 1 is 1.23 bits per heavy atom. The molecule has 0 saturated heterocycles. The van der Waals surface area contributed by atoms with Crippen LogP contribution in [0, 0.1) is 18.7 Å². The number of aromatic nitrogens is 4. The fraction of sp³-hybridized carbons (Fsp3) is 0.429. The van der Waals surface area contributed by atoms with Crippen LogP contribution in [-0.2, 0) is 11.3 Å². The predicted molar refractivity (Wildman–Crippen MR) is 115 cm³/mol. The number of carbonyl (C=O) groups is 1. The van der Waals surface area contributed by atoms with Gasteiger partial charge in [-0.2, -0.15) is 0 Å². The van der Waals surface area contributed by atoms with E-state index < -0.39 is 11.4 Å². The molecule has 0 aliphatic heterocycles. The lowest BCUT2D eigenvalue weighted by Gasteiger charge is -2.18. The molecule has 1 amide bonds. The summed E-state index contributed by atoms with van der Waals surface area (Å²) < 4.78 is 26.0. The molecule has 0 spiro atoms. The summed E-state index contributed by atoms with van der Waals surface area (Å²) in [7, 11) is 0. The van der Waals surface area contributed by atoms with E-state index in [0.717, 1.165) is 0 Å². The molecule has 2 heterocycles. The number of nitrogens with zero attached hydrogens (tertiary/aromatic N) is 4. The lowest BCUT2D eigenvalue weighted by atomic mass is 10.2. The van der Waals surface area contributed by atoms with E-state index in [1.54, 1.807) is 32.0 Å². The molecule has 0 radical (unpaired) electrons. The Labute approximate surface area is 184 Å². The van der Waals surface area contributed by atoms with Crippen LogP contribution in [0.3, 0.4) is 0 Å². The standard InChI is InChI=1S/C21H26FN5O3S/c1-12(2)11-27-19(14(4)29-17-8-6-16(22)7-9-17)24-25-21(27)31-15(5)20(28)23-18-10-13(3)30-26-18/h6-10,12,14-15H,11H2,1-5H3,(H,23,26,28). The SMILES string of the molecule is Cc1cc(NC(=O)C(C)Sc2nnc(C(C)Oc3ccc(F)cc3)n2CC(C)C)no1. The van der Waals surface area contributed by atoms with Gasteiger partial charge in [0.15, 0.2) is 22.9 Å². The number of thioether (sulfide) groups is 1. The average molecular weight is 448 g/mol. The Hall–Kier alpha value is -2.88. The molecule has 0 aliphatic rings. The van der Waals surface area contributed by atoms with Crippen molar-refractivity contribution >= 4 is 23.5 Å². The first-order chi connectivity index (χ1) is 14.7. The second-order valence-corrected chi connectivity index (χ2v) is 8.94. The number of amides is 1. The van der Waals surface area contributed by atoms with E-state index in [-0.39, 0.29) is 11.7 Å². The van der Waals surface area contributed by atoms with Crippen LogP contribution >= 0.6 is 11.8 Å². The molecular weight excluding hydrogens is 421 g/mol. The number of halogens is 1. The number of hydrogen-bond acceptors (Lipinski definition) is 7. The van der Waals surface area contributed by atoms with Crippen LogP contribution in [0.25, 0.3) is 0 Å². The highest BCUT2D eigenvalue weighted by Gasteiger charge is 2.24. The number of rotatable bonds is 9. The van der Waals surface area contributed by atoms with Crippen molar-refractivity contribution in [3.05, 3.63) is 47.7 Å². The van der Waals surface area contributed by atoms with Crippen molar-refractivity contribution in [1.29, 1.82) is 0 Å². The van der Waals surface area contributed by atoms with Crippen LogP contribution in [0.1, 0.15) is 45.4 Å². The van der Waals surface area contributed by atoms with E-state index in [4.69, 9.17) is 9.26 Å². The van der Waals surface area contributed by atoms with Gasteiger partial charge in [0.05, 0.1) is 5.25 Å². The van der Waals surface area contributed by atoms with E-state index in [2.05, 4.69) is 34.5 Å². The van der Waals surface area contributed by atoms with E-state index in [1.807, 2.05) is 11.5 Å². The summed E-state index contributed by atoms with van der Waals surface area (Å²) >= 11 is 1.31. The topological polar surface area (TPSA) is 95.1 Å². The zero-order chi connectivity index (χ0) is 22.5. The summed E-state index contributed by atoms with van der Waals surface area (Å²) in [5.41, 5.74) is 0. The van der Waals surface area contributed by atoms with Gasteiger partial charge in [-0.05, 0) is 51.0 Å². The molecule has 3 aromatic rings. The zero-order valence-electron chi connectivity index (χ0n) is 18.1. The van der Waals surface area contributed by atoms with E-state index in [9.17, 15) is 9.18 Å². The van der Waals surface area contributed by atoms with Crippen LogP contribution in [0.2, 0.25) is 0 Å². The van der Waals surface area contributed by atoms with Crippen molar-refractivity contribution in [2.45, 2.75) is 57.7 Å². The minimum absolute atomic E-state index is 0.213. The first kappa shape index (κ1) is 22.8. The van der Waals surface area contributed by atoms with Gasteiger partial charge in [0, 0.05) is 12.6 Å². The number of ether oxygens (including phenoxy) is 1. The molecule has 10 heteroatoms. The third kappa shape index (κ3) is 6.06. The van der Waals surface area contributed by atoms with E-state index in [0.29, 0.717) is 40.8 Å². The minimum Gasteiger partial charge on any atom is -0.483 e. The van der Waals surface area contributed by atoms with Gasteiger partial charge in [-0.25, -0.2) is 4.39 Å². The largest absolute Gasteiger partial charge is 0.483 e. The normalized spacial score (nSPS) is 13.3. The fourth-order valence-corrected chi connectivity index (χ4v) is 3.72. The second kappa shape index (κ2) is 9.95. The fourth-order valence-electron chi connectivity index (χ4n) is 2.86. The first-order valence-electron chi connectivity index (χ1n) is 9.99. The quantitative estimate of drug-likeness (QED) is 0.478. The molecule has 2 atom stereocenters. The number of anilines is 1. The van der Waals surface area contributed by atoms with Crippen LogP contribution in [0.15, 0.2) is 40.0 Å².